The van der Waals surface area contributed by atoms with Gasteiger partial charge in [-0.1, -0.05) is 90.5 Å². The number of hydrogen-bond donors (Lipinski definition) is 11. The highest BCUT2D eigenvalue weighted by atomic mass is 32.2. The quantitative estimate of drug-likeness (QED) is 0.0273. The van der Waals surface area contributed by atoms with Gasteiger partial charge in [0, 0.05) is 92.5 Å². The van der Waals surface area contributed by atoms with Gasteiger partial charge in [-0.05, 0) is 68.2 Å². The van der Waals surface area contributed by atoms with Crippen molar-refractivity contribution >= 4 is 81.7 Å². The number of para-hydroxylation sites is 1. The second-order valence-corrected chi connectivity index (χ2v) is 25.4. The van der Waals surface area contributed by atoms with Gasteiger partial charge in [-0.25, -0.2) is 4.79 Å². The number of aryl methyl sites for hydroxylation is 2. The van der Waals surface area contributed by atoms with E-state index in [9.17, 15) is 53.1 Å². The van der Waals surface area contributed by atoms with Crippen LogP contribution in [0.15, 0.2) is 97.3 Å². The molecule has 10 atom stereocenters. The summed E-state index contributed by atoms with van der Waals surface area (Å²) >= 11 is 1.85. The second-order valence-electron chi connectivity index (χ2n) is 24.1. The van der Waals surface area contributed by atoms with Crippen molar-refractivity contribution in [3.63, 3.8) is 0 Å². The van der Waals surface area contributed by atoms with Gasteiger partial charge in [0.2, 0.25) is 47.3 Å². The fourth-order valence-electron chi connectivity index (χ4n) is 11.7. The van der Waals surface area contributed by atoms with Crippen molar-refractivity contribution in [1.82, 2.24) is 67.4 Å². The molecule has 12 N–H and O–H groups in total. The zero-order valence-electron chi connectivity index (χ0n) is 53.6. The predicted molar refractivity (Wildman–Crippen MR) is 351 cm³/mol. The van der Waals surface area contributed by atoms with Crippen LogP contribution in [-0.2, 0) is 96.6 Å². The minimum Gasteiger partial charge on any atom is -0.394 e. The van der Waals surface area contributed by atoms with Gasteiger partial charge in [0.1, 0.15) is 36.8 Å². The molecule has 1 unspecified atom stereocenters. The number of amides is 10. The molecule has 0 radical (unpaired) electrons. The van der Waals surface area contributed by atoms with Crippen molar-refractivity contribution < 1.29 is 67.3 Å². The molecule has 0 spiro atoms. The highest BCUT2D eigenvalue weighted by molar-refractivity contribution is 8.00. The Morgan fingerprint density at radius 2 is 1.34 bits per heavy atom. The van der Waals surface area contributed by atoms with E-state index in [1.165, 1.54) is 11.6 Å². The number of aliphatic hydroxyl groups excluding tert-OH is 1. The van der Waals surface area contributed by atoms with Crippen molar-refractivity contribution in [2.24, 2.45) is 18.7 Å². The normalized spacial score (nSPS) is 23.6. The molecule has 10 amide bonds. The van der Waals surface area contributed by atoms with Crippen LogP contribution < -0.4 is 53.6 Å². The molecular formula is C66H88N14O14S. The Morgan fingerprint density at radius 3 is 2.07 bits per heavy atom. The van der Waals surface area contributed by atoms with Gasteiger partial charge in [0.15, 0.2) is 5.78 Å². The highest BCUT2D eigenvalue weighted by Gasteiger charge is 2.43. The van der Waals surface area contributed by atoms with E-state index >= 15 is 0 Å². The summed E-state index contributed by atoms with van der Waals surface area (Å²) in [5.74, 6) is -6.39. The summed E-state index contributed by atoms with van der Waals surface area (Å²) in [4.78, 5) is 137. The van der Waals surface area contributed by atoms with Gasteiger partial charge in [-0.3, -0.25) is 47.8 Å². The van der Waals surface area contributed by atoms with Crippen LogP contribution >= 0.6 is 11.8 Å². The van der Waals surface area contributed by atoms with E-state index < -0.39 is 109 Å². The van der Waals surface area contributed by atoms with E-state index in [2.05, 4.69) is 58.2 Å². The standard InChI is InChI=1S/C66H88N14O14S/c1-41-55(82)34-44(31-42-15-5-3-6-16-42)61(86)72-50(33-45-36-79(2)54-21-10-9-19-47(45)54)63(88)74-52(38-81)65(90)71-48(60(67)85)20-13-14-25-80-37-46(77-78-80)35-51(64(89)73-49(62(87)69-41)32-43-17-7-4-8-18-43)70-58(84)39-94-30-29-93-28-27-92-26-24-68-57(83)23-12-11-22-56-59-53(40-95-56)75-66(91)76-59/h3-10,15-19,21,36-37,41,44,48-53,56,59,81H,11-14,20,22-35,38-40H2,1-2H3,(H2,67,85)(H,68,83)(H,69,87)(H,70,84)(H,71,90)(H,72,86)(H,73,89)(H,74,88)(H2,75,76,91)/t41-,44+,48+,49-,50+,51+,52-,53+,56?,59+/m1/s1. The smallest absolute Gasteiger partial charge is 0.315 e. The number of nitrogens with one attached hydrogen (secondary N) is 9. The van der Waals surface area contributed by atoms with E-state index in [1.54, 1.807) is 66.9 Å². The second kappa shape index (κ2) is 36.8. The Kier molecular flexibility index (Phi) is 27.9. The predicted octanol–water partition coefficient (Wildman–Crippen LogP) is 0.0978. The molecule has 3 aromatic carbocycles. The van der Waals surface area contributed by atoms with Crippen LogP contribution in [0.4, 0.5) is 4.79 Å². The molecule has 29 heteroatoms. The lowest BCUT2D eigenvalue weighted by molar-refractivity contribution is -0.136. The number of hydrogen-bond acceptors (Lipinski definition) is 17. The summed E-state index contributed by atoms with van der Waals surface area (Å²) in [5.41, 5.74) is 8.89. The summed E-state index contributed by atoms with van der Waals surface area (Å²) in [6.45, 7) is 1.54. The summed E-state index contributed by atoms with van der Waals surface area (Å²) in [6.07, 6.45) is 6.37. The van der Waals surface area contributed by atoms with Crippen LogP contribution in [0.5, 0.6) is 0 Å². The third kappa shape index (κ3) is 22.4. The molecule has 3 aliphatic rings. The van der Waals surface area contributed by atoms with Crippen LogP contribution in [0.3, 0.4) is 0 Å². The third-order valence-corrected chi connectivity index (χ3v) is 18.3. The van der Waals surface area contributed by atoms with Crippen molar-refractivity contribution in [3.05, 3.63) is 120 Å². The van der Waals surface area contributed by atoms with Gasteiger partial charge >= 0.3 is 6.03 Å². The number of aliphatic hydroxyl groups is 1. The average Bonchev–Trinajstić information content (AvgIpc) is 1.81. The average molecular weight is 1330 g/mol. The Labute approximate surface area is 555 Å². The van der Waals surface area contributed by atoms with Crippen LogP contribution in [-0.4, -0.2) is 196 Å². The van der Waals surface area contributed by atoms with Gasteiger partial charge in [0.25, 0.3) is 0 Å². The number of ketones is 1. The Hall–Kier alpha value is -8.77. The fraction of sp³-hybridized carbons (Fsp3) is 0.515. The van der Waals surface area contributed by atoms with E-state index in [1.807, 2.05) is 53.8 Å². The van der Waals surface area contributed by atoms with E-state index in [-0.39, 0.29) is 101 Å². The number of thioether (sulfide) groups is 1. The maximum absolute atomic E-state index is 14.8. The van der Waals surface area contributed by atoms with Gasteiger partial charge in [-0.15, -0.1) is 5.10 Å². The SMILES string of the molecule is C[C@H]1NC(=O)[C@@H](Cc2ccccc2)NC(=O)[C@@H](NC(=O)COCCOCCOCCNC(=O)CCCCC2SC[C@@H]3NC(=O)N[C@H]23)Cc2cn(nn2)CCCC[C@@H](C(N)=O)NC(=O)[C@@H](CO)NC(=O)[C@H](Cc2cn(C)c3ccccc23)NC(=O)[C@@H](Cc2ccccc2)CC1=O. The van der Waals surface area contributed by atoms with E-state index in [0.717, 1.165) is 35.9 Å². The monoisotopic (exact) mass is 1330 g/mol. The molecule has 3 aliphatic heterocycles. The molecule has 5 aromatic rings. The summed E-state index contributed by atoms with van der Waals surface area (Å²) in [7, 11) is 1.83. The third-order valence-electron chi connectivity index (χ3n) is 16.8. The lowest BCUT2D eigenvalue weighted by atomic mass is 9.91. The summed E-state index contributed by atoms with van der Waals surface area (Å²) in [5, 5.41) is 45.2. The fourth-order valence-corrected chi connectivity index (χ4v) is 13.2. The number of nitrogens with zero attached hydrogens (tertiary/aromatic N) is 4. The van der Waals surface area contributed by atoms with Crippen molar-refractivity contribution in [3.8, 4) is 0 Å². The number of Topliss-reactive ketones (excluding diaryl/α,β-unsaturated/α-hetero) is 1. The Morgan fingerprint density at radius 1 is 0.684 bits per heavy atom. The van der Waals surface area contributed by atoms with Crippen LogP contribution in [0.25, 0.3) is 10.9 Å². The van der Waals surface area contributed by atoms with Gasteiger partial charge in [0.05, 0.1) is 63.5 Å². The first-order valence-corrected chi connectivity index (χ1v) is 33.4. The molecule has 28 nitrogen and oxygen atoms in total. The Balaban J connectivity index is 0.912. The molecule has 2 aromatic heterocycles. The number of unbranched alkanes of at least 4 members (excludes halogenated alkanes) is 1. The topological polar surface area (TPSA) is 389 Å². The van der Waals surface area contributed by atoms with Crippen molar-refractivity contribution in [2.75, 3.05) is 58.5 Å². The molecule has 2 bridgehead atoms. The first-order valence-electron chi connectivity index (χ1n) is 32.3. The molecule has 0 saturated carbocycles. The summed E-state index contributed by atoms with van der Waals surface area (Å²) in [6, 6.07) is 17.3. The maximum Gasteiger partial charge on any atom is 0.315 e. The number of rotatable bonds is 25. The minimum absolute atomic E-state index is 0.00773. The van der Waals surface area contributed by atoms with Crippen LogP contribution in [0.2, 0.25) is 0 Å². The molecule has 2 fully saturated rings. The molecule has 512 valence electrons. The number of carbonyl (C=O) groups is 10. The number of urea groups is 1. The van der Waals surface area contributed by atoms with E-state index in [4.69, 9.17) is 19.9 Å². The number of nitrogens with two attached hydrogens (primary N) is 1. The number of fused-ring (bicyclic) bond motifs is 4. The first-order chi connectivity index (χ1) is 45.9. The molecule has 8 rings (SSSR count). The van der Waals surface area contributed by atoms with Crippen LogP contribution in [0, 0.1) is 5.92 Å². The molecular weight excluding hydrogens is 1240 g/mol. The lowest BCUT2D eigenvalue weighted by Gasteiger charge is -2.26. The number of primary amides is 1. The molecule has 5 heterocycles. The number of benzene rings is 3. The first kappa shape index (κ1) is 72.1. The Bertz CT molecular complexity index is 3410. The molecule has 0 aliphatic carbocycles. The van der Waals surface area contributed by atoms with Crippen LogP contribution in [0.1, 0.15) is 80.7 Å². The molecule has 95 heavy (non-hydrogen) atoms. The van der Waals surface area contributed by atoms with Crippen molar-refractivity contribution in [1.29, 1.82) is 0 Å². The van der Waals surface area contributed by atoms with E-state index in [0.29, 0.717) is 47.7 Å². The maximum atomic E-state index is 14.8. The number of carbonyl (C=O) groups excluding carboxylic acids is 10. The lowest BCUT2D eigenvalue weighted by Crippen LogP contribution is -2.58. The minimum atomic E-state index is -1.59. The summed E-state index contributed by atoms with van der Waals surface area (Å²) < 4.78 is 20.2. The highest BCUT2D eigenvalue weighted by Crippen LogP contribution is 2.33. The zero-order valence-corrected chi connectivity index (χ0v) is 54.4. The number of ether oxygens (including phenoxy) is 3. The van der Waals surface area contributed by atoms with Crippen molar-refractivity contribution in [2.45, 2.75) is 144 Å². The van der Waals surface area contributed by atoms with Gasteiger partial charge < -0.3 is 77.5 Å². The van der Waals surface area contributed by atoms with Gasteiger partial charge in [-0.2, -0.15) is 11.8 Å². The number of aromatic nitrogens is 4. The largest absolute Gasteiger partial charge is 0.394 e. The zero-order chi connectivity index (χ0) is 67.6. The molecule has 2 saturated heterocycles.